The molecule has 2 rings (SSSR count). The van der Waals surface area contributed by atoms with Gasteiger partial charge in [0.25, 0.3) is 0 Å². The van der Waals surface area contributed by atoms with Crippen LogP contribution in [0.2, 0.25) is 0 Å². The maximum absolute atomic E-state index is 11.7. The van der Waals surface area contributed by atoms with Crippen molar-refractivity contribution in [1.29, 1.82) is 0 Å². The number of aromatic carboxylic acids is 1. The molecule has 0 fully saturated rings. The lowest BCUT2D eigenvalue weighted by Crippen LogP contribution is -2.28. The first-order chi connectivity index (χ1) is 9.99. The van der Waals surface area contributed by atoms with Crippen LogP contribution in [0.1, 0.15) is 30.6 Å². The van der Waals surface area contributed by atoms with Crippen molar-refractivity contribution in [3.8, 4) is 0 Å². The van der Waals surface area contributed by atoms with E-state index in [0.29, 0.717) is 30.0 Å². The number of para-hydroxylation sites is 1. The van der Waals surface area contributed by atoms with Crippen LogP contribution in [-0.2, 0) is 11.3 Å². The van der Waals surface area contributed by atoms with Gasteiger partial charge in [0, 0.05) is 13.0 Å². The van der Waals surface area contributed by atoms with Gasteiger partial charge in [-0.1, -0.05) is 25.1 Å². The molecule has 0 spiro atoms. The fourth-order valence-electron chi connectivity index (χ4n) is 1.97. The zero-order valence-electron chi connectivity index (χ0n) is 12.0. The van der Waals surface area contributed by atoms with Crippen LogP contribution in [0.25, 0.3) is 11.0 Å². The minimum atomic E-state index is -1.03. The molecule has 1 aromatic carbocycles. The number of amides is 1. The minimum Gasteiger partial charge on any atom is -0.478 e. The molecule has 0 atom stereocenters. The Kier molecular flexibility index (Phi) is 4.52. The monoisotopic (exact) mass is 290 g/mol. The SMILES string of the molecule is CC(C)CNC(=O)CCn1nnc2cccc(C(=O)O)c21. The first kappa shape index (κ1) is 15.0. The molecule has 7 nitrogen and oxygen atoms in total. The second-order valence-corrected chi connectivity index (χ2v) is 5.24. The van der Waals surface area contributed by atoms with Crippen molar-refractivity contribution >= 4 is 22.9 Å². The van der Waals surface area contributed by atoms with Gasteiger partial charge in [-0.25, -0.2) is 9.48 Å². The molecule has 7 heteroatoms. The highest BCUT2D eigenvalue weighted by atomic mass is 16.4. The lowest BCUT2D eigenvalue weighted by atomic mass is 10.2. The predicted octanol–water partition coefficient (Wildman–Crippen LogP) is 1.29. The van der Waals surface area contributed by atoms with Gasteiger partial charge in [-0.15, -0.1) is 5.10 Å². The number of carboxylic acids is 1. The summed E-state index contributed by atoms with van der Waals surface area (Å²) in [6.07, 6.45) is 0.235. The number of carboxylic acid groups (broad SMARTS) is 1. The van der Waals surface area contributed by atoms with Crippen LogP contribution in [0.3, 0.4) is 0 Å². The summed E-state index contributed by atoms with van der Waals surface area (Å²) in [4.78, 5) is 22.9. The van der Waals surface area contributed by atoms with Crippen molar-refractivity contribution in [2.45, 2.75) is 26.8 Å². The maximum atomic E-state index is 11.7. The molecule has 0 aliphatic carbocycles. The molecule has 0 bridgehead atoms. The van der Waals surface area contributed by atoms with E-state index in [1.807, 2.05) is 13.8 Å². The maximum Gasteiger partial charge on any atom is 0.337 e. The Morgan fingerprint density at radius 1 is 1.38 bits per heavy atom. The second kappa shape index (κ2) is 6.34. The van der Waals surface area contributed by atoms with Crippen molar-refractivity contribution < 1.29 is 14.7 Å². The van der Waals surface area contributed by atoms with E-state index in [-0.39, 0.29) is 17.9 Å². The third-order valence-electron chi connectivity index (χ3n) is 3.02. The minimum absolute atomic E-state index is 0.0832. The number of aromatic nitrogens is 3. The Labute approximate surface area is 121 Å². The molecule has 0 saturated heterocycles. The van der Waals surface area contributed by atoms with Crippen molar-refractivity contribution in [2.75, 3.05) is 6.54 Å². The average molecular weight is 290 g/mol. The number of hydrogen-bond acceptors (Lipinski definition) is 4. The Hall–Kier alpha value is -2.44. The molecule has 1 aromatic heterocycles. The number of carbonyl (C=O) groups is 2. The van der Waals surface area contributed by atoms with Crippen molar-refractivity contribution in [3.05, 3.63) is 23.8 Å². The number of rotatable bonds is 6. The topological polar surface area (TPSA) is 97.1 Å². The predicted molar refractivity (Wildman–Crippen MR) is 77.0 cm³/mol. The lowest BCUT2D eigenvalue weighted by molar-refractivity contribution is -0.121. The second-order valence-electron chi connectivity index (χ2n) is 5.24. The smallest absolute Gasteiger partial charge is 0.337 e. The third-order valence-corrected chi connectivity index (χ3v) is 3.02. The van der Waals surface area contributed by atoms with Gasteiger partial charge in [0.15, 0.2) is 0 Å². The van der Waals surface area contributed by atoms with E-state index in [9.17, 15) is 14.7 Å². The van der Waals surface area contributed by atoms with Gasteiger partial charge in [-0.05, 0) is 18.1 Å². The highest BCUT2D eigenvalue weighted by Crippen LogP contribution is 2.16. The van der Waals surface area contributed by atoms with Crippen LogP contribution >= 0.6 is 0 Å². The number of fused-ring (bicyclic) bond motifs is 1. The van der Waals surface area contributed by atoms with Crippen molar-refractivity contribution in [2.24, 2.45) is 5.92 Å². The van der Waals surface area contributed by atoms with Gasteiger partial charge in [0.2, 0.25) is 5.91 Å². The molecule has 0 unspecified atom stereocenters. The number of hydrogen-bond donors (Lipinski definition) is 2. The molecule has 2 N–H and O–H groups in total. The van der Waals surface area contributed by atoms with Crippen LogP contribution < -0.4 is 5.32 Å². The van der Waals surface area contributed by atoms with E-state index in [4.69, 9.17) is 0 Å². The van der Waals surface area contributed by atoms with Crippen molar-refractivity contribution in [1.82, 2.24) is 20.3 Å². The average Bonchev–Trinajstić information content (AvgIpc) is 2.85. The zero-order valence-corrected chi connectivity index (χ0v) is 12.0. The van der Waals surface area contributed by atoms with Gasteiger partial charge < -0.3 is 10.4 Å². The van der Waals surface area contributed by atoms with Crippen LogP contribution in [0.15, 0.2) is 18.2 Å². The van der Waals surface area contributed by atoms with Gasteiger partial charge >= 0.3 is 5.97 Å². The van der Waals surface area contributed by atoms with E-state index in [2.05, 4.69) is 15.6 Å². The van der Waals surface area contributed by atoms with E-state index >= 15 is 0 Å². The third kappa shape index (κ3) is 3.56. The summed E-state index contributed by atoms with van der Waals surface area (Å²) in [6.45, 7) is 4.96. The Morgan fingerprint density at radius 3 is 2.81 bits per heavy atom. The molecule has 112 valence electrons. The summed E-state index contributed by atoms with van der Waals surface area (Å²) in [5, 5.41) is 19.9. The lowest BCUT2D eigenvalue weighted by Gasteiger charge is -2.08. The number of nitrogens with one attached hydrogen (secondary N) is 1. The van der Waals surface area contributed by atoms with Crippen LogP contribution in [0.4, 0.5) is 0 Å². The van der Waals surface area contributed by atoms with E-state index in [1.54, 1.807) is 12.1 Å². The Balaban J connectivity index is 2.12. The number of nitrogens with zero attached hydrogens (tertiary/aromatic N) is 3. The molecule has 0 aliphatic heterocycles. The molecule has 1 heterocycles. The van der Waals surface area contributed by atoms with E-state index in [1.165, 1.54) is 10.7 Å². The summed E-state index contributed by atoms with van der Waals surface area (Å²) in [5.41, 5.74) is 1.10. The van der Waals surface area contributed by atoms with E-state index < -0.39 is 5.97 Å². The van der Waals surface area contributed by atoms with Crippen LogP contribution in [-0.4, -0.2) is 38.5 Å². The van der Waals surface area contributed by atoms with Crippen LogP contribution in [0, 0.1) is 5.92 Å². The number of carbonyl (C=O) groups excluding carboxylic acids is 1. The molecule has 0 radical (unpaired) electrons. The fraction of sp³-hybridized carbons (Fsp3) is 0.429. The van der Waals surface area contributed by atoms with E-state index in [0.717, 1.165) is 0 Å². The van der Waals surface area contributed by atoms with Gasteiger partial charge in [-0.3, -0.25) is 4.79 Å². The summed E-state index contributed by atoms with van der Waals surface area (Å²) < 4.78 is 1.47. The van der Waals surface area contributed by atoms with Crippen LogP contribution in [0.5, 0.6) is 0 Å². The fourth-order valence-corrected chi connectivity index (χ4v) is 1.97. The standard InChI is InChI=1S/C14H18N4O3/c1-9(2)8-15-12(19)6-7-18-13-10(14(20)21)4-3-5-11(13)16-17-18/h3-5,9H,6-8H2,1-2H3,(H,15,19)(H,20,21). The van der Waals surface area contributed by atoms with Gasteiger partial charge in [0.1, 0.15) is 11.0 Å². The molecular formula is C14H18N4O3. The zero-order chi connectivity index (χ0) is 15.4. The van der Waals surface area contributed by atoms with Gasteiger partial charge in [-0.2, -0.15) is 0 Å². The molecule has 21 heavy (non-hydrogen) atoms. The molecule has 1 amide bonds. The number of benzene rings is 1. The van der Waals surface area contributed by atoms with Gasteiger partial charge in [0.05, 0.1) is 12.1 Å². The first-order valence-corrected chi connectivity index (χ1v) is 6.81. The summed E-state index contributed by atoms with van der Waals surface area (Å²) in [6, 6.07) is 4.83. The summed E-state index contributed by atoms with van der Waals surface area (Å²) in [7, 11) is 0. The highest BCUT2D eigenvalue weighted by molar-refractivity contribution is 6.00. The molecular weight excluding hydrogens is 272 g/mol. The quantitative estimate of drug-likeness (QED) is 0.835. The molecule has 2 aromatic rings. The normalized spacial score (nSPS) is 11.0. The summed E-state index contributed by atoms with van der Waals surface area (Å²) in [5.74, 6) is -0.728. The number of aryl methyl sites for hydroxylation is 1. The summed E-state index contributed by atoms with van der Waals surface area (Å²) >= 11 is 0. The Morgan fingerprint density at radius 2 is 2.14 bits per heavy atom. The highest BCUT2D eigenvalue weighted by Gasteiger charge is 2.15. The first-order valence-electron chi connectivity index (χ1n) is 6.81. The molecule has 0 saturated carbocycles. The Bertz CT molecular complexity index is 663. The molecule has 0 aliphatic rings. The largest absolute Gasteiger partial charge is 0.478 e. The van der Waals surface area contributed by atoms with Crippen molar-refractivity contribution in [3.63, 3.8) is 0 Å².